The number of ether oxygens (including phenoxy) is 2. The van der Waals surface area contributed by atoms with E-state index in [1.54, 1.807) is 55.7 Å². The third kappa shape index (κ3) is 3.55. The summed E-state index contributed by atoms with van der Waals surface area (Å²) in [5, 5.41) is 1.48. The Labute approximate surface area is 200 Å². The highest BCUT2D eigenvalue weighted by atomic mass is 35.5. The number of hydrogen-bond donors (Lipinski definition) is 0. The van der Waals surface area contributed by atoms with Crippen molar-refractivity contribution in [3.05, 3.63) is 83.1 Å². The number of fused-ring (bicyclic) bond motifs is 1. The van der Waals surface area contributed by atoms with Crippen LogP contribution >= 0.6 is 11.6 Å². The molecule has 0 bridgehead atoms. The Balaban J connectivity index is 1.56. The molecule has 0 unspecified atom stereocenters. The van der Waals surface area contributed by atoms with Crippen LogP contribution in [0.2, 0.25) is 5.02 Å². The minimum absolute atomic E-state index is 0.0962. The zero-order chi connectivity index (χ0) is 24.0. The van der Waals surface area contributed by atoms with Crippen LogP contribution in [-0.2, 0) is 14.4 Å². The first-order valence-electron chi connectivity index (χ1n) is 10.5. The summed E-state index contributed by atoms with van der Waals surface area (Å²) in [6.07, 6.45) is -1.07. The fourth-order valence-electron chi connectivity index (χ4n) is 4.39. The van der Waals surface area contributed by atoms with Crippen LogP contribution in [0.15, 0.2) is 66.7 Å². The maximum Gasteiger partial charge on any atom is 0.266 e. The van der Waals surface area contributed by atoms with E-state index < -0.39 is 35.7 Å². The molecular weight excluding hydrogens is 463 g/mol. The molecule has 174 valence electrons. The molecule has 0 radical (unpaired) electrons. The van der Waals surface area contributed by atoms with Crippen LogP contribution in [0.25, 0.3) is 0 Å². The number of halogens is 2. The fraction of sp³-hybridized carbons (Fsp3) is 0.200. The van der Waals surface area contributed by atoms with Gasteiger partial charge in [0.05, 0.1) is 36.7 Å². The molecule has 2 amide bonds. The molecule has 2 saturated heterocycles. The first-order valence-corrected chi connectivity index (χ1v) is 10.9. The van der Waals surface area contributed by atoms with Gasteiger partial charge in [-0.15, -0.1) is 0 Å². The van der Waals surface area contributed by atoms with E-state index in [1.807, 2.05) is 12.1 Å². The molecule has 0 aromatic heterocycles. The molecule has 7 nitrogen and oxygen atoms in total. The minimum atomic E-state index is -1.07. The Hall–Kier alpha value is -3.62. The van der Waals surface area contributed by atoms with Gasteiger partial charge in [0.2, 0.25) is 5.91 Å². The predicted molar refractivity (Wildman–Crippen MR) is 123 cm³/mol. The van der Waals surface area contributed by atoms with Crippen LogP contribution < -0.4 is 19.4 Å². The highest BCUT2D eigenvalue weighted by molar-refractivity contribution is 6.31. The SMILES string of the molecule is COc1ccc([C@H]2[C@@H]3C(=O)N(c4ccc(Cl)c(F)c4)C(=O)[C@H]3ON2c2ccc(OC)cc2)cc1. The van der Waals surface area contributed by atoms with Gasteiger partial charge in [0.1, 0.15) is 23.2 Å². The van der Waals surface area contributed by atoms with Crippen molar-refractivity contribution in [2.24, 2.45) is 5.92 Å². The number of carbonyl (C=O) groups excluding carboxylic acids is 2. The van der Waals surface area contributed by atoms with Gasteiger partial charge in [-0.25, -0.2) is 14.4 Å². The van der Waals surface area contributed by atoms with E-state index in [0.29, 0.717) is 17.2 Å². The number of nitrogens with zero attached hydrogens (tertiary/aromatic N) is 2. The van der Waals surface area contributed by atoms with E-state index in [-0.39, 0.29) is 10.7 Å². The zero-order valence-electron chi connectivity index (χ0n) is 18.3. The number of amides is 2. The van der Waals surface area contributed by atoms with E-state index in [0.717, 1.165) is 16.5 Å². The third-order valence-electron chi connectivity index (χ3n) is 6.06. The summed E-state index contributed by atoms with van der Waals surface area (Å²) in [4.78, 5) is 33.9. The Bertz CT molecular complexity index is 1250. The summed E-state index contributed by atoms with van der Waals surface area (Å²) < 4.78 is 24.6. The van der Waals surface area contributed by atoms with Crippen molar-refractivity contribution in [1.29, 1.82) is 0 Å². The van der Waals surface area contributed by atoms with E-state index in [1.165, 1.54) is 12.1 Å². The molecule has 0 aliphatic carbocycles. The quantitative estimate of drug-likeness (QED) is 0.497. The fourth-order valence-corrected chi connectivity index (χ4v) is 4.50. The molecule has 3 aromatic rings. The lowest BCUT2D eigenvalue weighted by molar-refractivity contribution is -0.126. The molecule has 34 heavy (non-hydrogen) atoms. The van der Waals surface area contributed by atoms with Crippen molar-refractivity contribution in [3.8, 4) is 11.5 Å². The smallest absolute Gasteiger partial charge is 0.266 e. The number of benzene rings is 3. The average Bonchev–Trinajstić information content (AvgIpc) is 3.37. The van der Waals surface area contributed by atoms with Crippen molar-refractivity contribution in [1.82, 2.24) is 0 Å². The van der Waals surface area contributed by atoms with Gasteiger partial charge in [0.25, 0.3) is 5.91 Å². The molecular formula is C25H20ClFN2O5. The van der Waals surface area contributed by atoms with Crippen LogP contribution in [0.1, 0.15) is 11.6 Å². The van der Waals surface area contributed by atoms with Crippen LogP contribution in [0, 0.1) is 11.7 Å². The molecule has 9 heteroatoms. The van der Waals surface area contributed by atoms with Gasteiger partial charge in [0.15, 0.2) is 6.10 Å². The first-order chi connectivity index (χ1) is 16.4. The average molecular weight is 483 g/mol. The minimum Gasteiger partial charge on any atom is -0.497 e. The molecule has 0 N–H and O–H groups in total. The number of anilines is 2. The maximum atomic E-state index is 14.1. The second-order valence-electron chi connectivity index (χ2n) is 7.90. The number of hydroxylamine groups is 1. The number of methoxy groups -OCH3 is 2. The number of hydrogen-bond acceptors (Lipinski definition) is 6. The molecule has 5 rings (SSSR count). The molecule has 2 fully saturated rings. The zero-order valence-corrected chi connectivity index (χ0v) is 19.0. The molecule has 2 aliphatic rings. The van der Waals surface area contributed by atoms with Crippen molar-refractivity contribution in [2.45, 2.75) is 12.1 Å². The summed E-state index contributed by atoms with van der Waals surface area (Å²) in [5.74, 6) is -1.29. The highest BCUT2D eigenvalue weighted by Crippen LogP contribution is 2.48. The summed E-state index contributed by atoms with van der Waals surface area (Å²) in [7, 11) is 3.13. The van der Waals surface area contributed by atoms with Crippen LogP contribution in [-0.4, -0.2) is 32.1 Å². The van der Waals surface area contributed by atoms with E-state index in [2.05, 4.69) is 0 Å². The second-order valence-corrected chi connectivity index (χ2v) is 8.31. The topological polar surface area (TPSA) is 68.3 Å². The van der Waals surface area contributed by atoms with E-state index >= 15 is 0 Å². The number of rotatable bonds is 5. The summed E-state index contributed by atoms with van der Waals surface area (Å²) >= 11 is 5.78. The standard InChI is InChI=1S/C25H20ClFN2O5/c1-32-17-8-3-14(4-9-17)22-21-23(34-29(22)15-5-10-18(33-2)11-6-15)25(31)28(24(21)30)16-7-12-19(26)20(27)13-16/h3-13,21-23H,1-2H3/t21-,22-,23-/m0/s1. The van der Waals surface area contributed by atoms with Crippen molar-refractivity contribution in [3.63, 3.8) is 0 Å². The van der Waals surface area contributed by atoms with Gasteiger partial charge >= 0.3 is 0 Å². The van der Waals surface area contributed by atoms with Gasteiger partial charge in [-0.2, -0.15) is 0 Å². The molecule has 3 aromatic carbocycles. The highest BCUT2D eigenvalue weighted by Gasteiger charge is 2.60. The Morgan fingerprint density at radius 1 is 0.853 bits per heavy atom. The van der Waals surface area contributed by atoms with Crippen LogP contribution in [0.4, 0.5) is 15.8 Å². The van der Waals surface area contributed by atoms with E-state index in [9.17, 15) is 14.0 Å². The lowest BCUT2D eigenvalue weighted by Gasteiger charge is -2.29. The maximum absolute atomic E-state index is 14.1. The van der Waals surface area contributed by atoms with Gasteiger partial charge in [-0.3, -0.25) is 14.4 Å². The molecule has 0 spiro atoms. The second kappa shape index (κ2) is 8.62. The molecule has 3 atom stereocenters. The normalized spacial score (nSPS) is 21.7. The summed E-state index contributed by atoms with van der Waals surface area (Å²) in [6, 6.07) is 17.5. The van der Waals surface area contributed by atoms with Gasteiger partial charge in [-0.05, 0) is 60.2 Å². The van der Waals surface area contributed by atoms with Crippen molar-refractivity contribution >= 4 is 34.8 Å². The summed E-state index contributed by atoms with van der Waals surface area (Å²) in [6.45, 7) is 0. The Kier molecular flexibility index (Phi) is 5.63. The van der Waals surface area contributed by atoms with Crippen molar-refractivity contribution in [2.75, 3.05) is 24.2 Å². The predicted octanol–water partition coefficient (Wildman–Crippen LogP) is 4.55. The molecule has 2 aliphatic heterocycles. The van der Waals surface area contributed by atoms with Gasteiger partial charge in [-0.1, -0.05) is 23.7 Å². The van der Waals surface area contributed by atoms with E-state index in [4.69, 9.17) is 25.9 Å². The Morgan fingerprint density at radius 3 is 2.03 bits per heavy atom. The Morgan fingerprint density at radius 2 is 1.44 bits per heavy atom. The number of carbonyl (C=O) groups is 2. The molecule has 0 saturated carbocycles. The first kappa shape index (κ1) is 22.2. The van der Waals surface area contributed by atoms with Gasteiger partial charge in [0, 0.05) is 0 Å². The van der Waals surface area contributed by atoms with Crippen molar-refractivity contribution < 1.29 is 28.3 Å². The monoisotopic (exact) mass is 482 g/mol. The lowest BCUT2D eigenvalue weighted by atomic mass is 9.90. The third-order valence-corrected chi connectivity index (χ3v) is 6.37. The lowest BCUT2D eigenvalue weighted by Crippen LogP contribution is -2.37. The van der Waals surface area contributed by atoms with Gasteiger partial charge < -0.3 is 9.47 Å². The van der Waals surface area contributed by atoms with Crippen LogP contribution in [0.3, 0.4) is 0 Å². The summed E-state index contributed by atoms with van der Waals surface area (Å²) in [5.41, 5.74) is 1.52. The number of imide groups is 1. The molecule has 2 heterocycles. The largest absolute Gasteiger partial charge is 0.497 e. The van der Waals surface area contributed by atoms with Crippen LogP contribution in [0.5, 0.6) is 11.5 Å².